The predicted octanol–water partition coefficient (Wildman–Crippen LogP) is 0.943. The molecule has 1 aromatic rings. The Morgan fingerprint density at radius 2 is 2.12 bits per heavy atom. The molecule has 0 atom stereocenters. The van der Waals surface area contributed by atoms with Crippen molar-refractivity contribution in [2.45, 2.75) is 6.42 Å². The molecule has 1 aliphatic heterocycles. The molecule has 1 aromatic carbocycles. The minimum atomic E-state index is -0.401. The van der Waals surface area contributed by atoms with E-state index in [1.54, 1.807) is 12.1 Å². The molecule has 0 bridgehead atoms. The molecular weight excluding hydrogens is 212 g/mol. The third-order valence-corrected chi connectivity index (χ3v) is 2.32. The summed E-state index contributed by atoms with van der Waals surface area (Å²) in [5.41, 5.74) is 0.987. The van der Waals surface area contributed by atoms with E-state index in [4.69, 9.17) is 9.47 Å². The van der Waals surface area contributed by atoms with E-state index in [0.717, 1.165) is 0 Å². The van der Waals surface area contributed by atoms with Gasteiger partial charge in [-0.05, 0) is 17.7 Å². The normalized spacial score (nSPS) is 12.3. The Hall–Kier alpha value is -2.04. The van der Waals surface area contributed by atoms with E-state index in [1.807, 2.05) is 0 Å². The molecule has 0 radical (unpaired) electrons. The van der Waals surface area contributed by atoms with Gasteiger partial charge in [-0.1, -0.05) is 0 Å². The van der Waals surface area contributed by atoms with E-state index in [9.17, 15) is 9.59 Å². The number of methoxy groups -OCH3 is 1. The van der Waals surface area contributed by atoms with Crippen LogP contribution < -0.4 is 9.47 Å². The molecular formula is C11H10O5. The number of carbonyl (C=O) groups is 2. The highest BCUT2D eigenvalue weighted by Crippen LogP contribution is 2.34. The Labute approximate surface area is 91.9 Å². The number of rotatable bonds is 3. The van der Waals surface area contributed by atoms with Crippen molar-refractivity contribution in [1.29, 1.82) is 0 Å². The number of hydrogen-bond donors (Lipinski definition) is 0. The van der Waals surface area contributed by atoms with Gasteiger partial charge in [0.05, 0.1) is 13.5 Å². The number of esters is 1. The molecule has 5 nitrogen and oxygen atoms in total. The third kappa shape index (κ3) is 1.84. The molecule has 0 aromatic heterocycles. The molecule has 84 valence electrons. The first-order valence-corrected chi connectivity index (χ1v) is 4.69. The van der Waals surface area contributed by atoms with Crippen LogP contribution >= 0.6 is 0 Å². The summed E-state index contributed by atoms with van der Waals surface area (Å²) >= 11 is 0. The number of fused-ring (bicyclic) bond motifs is 1. The molecule has 0 saturated heterocycles. The highest BCUT2D eigenvalue weighted by Gasteiger charge is 2.18. The maximum atomic E-state index is 11.1. The van der Waals surface area contributed by atoms with Crippen LogP contribution in [0.5, 0.6) is 11.5 Å². The van der Waals surface area contributed by atoms with Crippen molar-refractivity contribution < 1.29 is 23.8 Å². The van der Waals surface area contributed by atoms with E-state index < -0.39 is 5.97 Å². The summed E-state index contributed by atoms with van der Waals surface area (Å²) in [5, 5.41) is 0. The van der Waals surface area contributed by atoms with Crippen LogP contribution in [0.3, 0.4) is 0 Å². The molecule has 1 heterocycles. The molecule has 0 unspecified atom stereocenters. The molecule has 0 aliphatic carbocycles. The highest BCUT2D eigenvalue weighted by atomic mass is 16.7. The lowest BCUT2D eigenvalue weighted by molar-refractivity contribution is -0.139. The Kier molecular flexibility index (Phi) is 2.76. The fourth-order valence-electron chi connectivity index (χ4n) is 1.49. The van der Waals surface area contributed by atoms with Gasteiger partial charge in [0.2, 0.25) is 6.79 Å². The van der Waals surface area contributed by atoms with Gasteiger partial charge in [-0.25, -0.2) is 0 Å². The molecule has 16 heavy (non-hydrogen) atoms. The standard InChI is InChI=1S/C11H10O5/c1-14-11(13)4-7-2-9-10(16-6-15-9)3-8(7)5-12/h2-3,5H,4,6H2,1H3. The van der Waals surface area contributed by atoms with Crippen LogP contribution in [0, 0.1) is 0 Å². The van der Waals surface area contributed by atoms with Crippen molar-refractivity contribution >= 4 is 12.3 Å². The molecule has 1 aliphatic rings. The average molecular weight is 222 g/mol. The second-order valence-corrected chi connectivity index (χ2v) is 3.28. The fraction of sp³-hybridized carbons (Fsp3) is 0.273. The second-order valence-electron chi connectivity index (χ2n) is 3.28. The highest BCUT2D eigenvalue weighted by molar-refractivity contribution is 5.83. The average Bonchev–Trinajstić information content (AvgIpc) is 2.74. The van der Waals surface area contributed by atoms with Crippen LogP contribution in [0.2, 0.25) is 0 Å². The van der Waals surface area contributed by atoms with Crippen molar-refractivity contribution in [1.82, 2.24) is 0 Å². The van der Waals surface area contributed by atoms with Crippen LogP contribution in [-0.4, -0.2) is 26.2 Å². The van der Waals surface area contributed by atoms with Crippen molar-refractivity contribution in [2.24, 2.45) is 0 Å². The summed E-state index contributed by atoms with van der Waals surface area (Å²) in [6.07, 6.45) is 0.724. The zero-order valence-electron chi connectivity index (χ0n) is 8.69. The van der Waals surface area contributed by atoms with Crippen LogP contribution in [0.15, 0.2) is 12.1 Å². The van der Waals surface area contributed by atoms with Crippen LogP contribution in [0.4, 0.5) is 0 Å². The van der Waals surface area contributed by atoms with Gasteiger partial charge in [0, 0.05) is 5.56 Å². The monoisotopic (exact) mass is 222 g/mol. The maximum absolute atomic E-state index is 11.1. The van der Waals surface area contributed by atoms with E-state index in [0.29, 0.717) is 28.9 Å². The van der Waals surface area contributed by atoms with E-state index >= 15 is 0 Å². The maximum Gasteiger partial charge on any atom is 0.310 e. The van der Waals surface area contributed by atoms with Crippen molar-refractivity contribution in [2.75, 3.05) is 13.9 Å². The zero-order chi connectivity index (χ0) is 11.5. The summed E-state index contributed by atoms with van der Waals surface area (Å²) in [6, 6.07) is 3.19. The van der Waals surface area contributed by atoms with Gasteiger partial charge in [0.15, 0.2) is 11.5 Å². The van der Waals surface area contributed by atoms with Gasteiger partial charge in [0.25, 0.3) is 0 Å². The first-order valence-electron chi connectivity index (χ1n) is 4.69. The molecule has 0 amide bonds. The van der Waals surface area contributed by atoms with Crippen LogP contribution in [0.25, 0.3) is 0 Å². The van der Waals surface area contributed by atoms with Gasteiger partial charge in [-0.2, -0.15) is 0 Å². The smallest absolute Gasteiger partial charge is 0.310 e. The second kappa shape index (κ2) is 4.22. The van der Waals surface area contributed by atoms with Gasteiger partial charge >= 0.3 is 5.97 Å². The summed E-state index contributed by atoms with van der Waals surface area (Å²) in [5.74, 6) is 0.669. The summed E-state index contributed by atoms with van der Waals surface area (Å²) in [6.45, 7) is 0.134. The minimum absolute atomic E-state index is 0.0429. The van der Waals surface area contributed by atoms with Crippen LogP contribution in [-0.2, 0) is 16.0 Å². The van der Waals surface area contributed by atoms with E-state index in [-0.39, 0.29) is 13.2 Å². The summed E-state index contributed by atoms with van der Waals surface area (Å²) in [7, 11) is 1.30. The zero-order valence-corrected chi connectivity index (χ0v) is 8.69. The fourth-order valence-corrected chi connectivity index (χ4v) is 1.49. The summed E-state index contributed by atoms with van der Waals surface area (Å²) < 4.78 is 14.8. The lowest BCUT2D eigenvalue weighted by atomic mass is 10.0. The Balaban J connectivity index is 2.36. The summed E-state index contributed by atoms with van der Waals surface area (Å²) in [4.78, 5) is 22.0. The van der Waals surface area contributed by atoms with Crippen molar-refractivity contribution in [3.8, 4) is 11.5 Å². The molecule has 5 heteroatoms. The quantitative estimate of drug-likeness (QED) is 0.562. The number of benzene rings is 1. The van der Waals surface area contributed by atoms with E-state index in [2.05, 4.69) is 4.74 Å². The third-order valence-electron chi connectivity index (χ3n) is 2.32. The number of aldehydes is 1. The van der Waals surface area contributed by atoms with Gasteiger partial charge in [0.1, 0.15) is 6.29 Å². The molecule has 0 saturated carbocycles. The number of ether oxygens (including phenoxy) is 3. The van der Waals surface area contributed by atoms with Crippen LogP contribution in [0.1, 0.15) is 15.9 Å². The van der Waals surface area contributed by atoms with E-state index in [1.165, 1.54) is 7.11 Å². The van der Waals surface area contributed by atoms with Gasteiger partial charge < -0.3 is 14.2 Å². The largest absolute Gasteiger partial charge is 0.469 e. The molecule has 0 fully saturated rings. The molecule has 2 rings (SSSR count). The topological polar surface area (TPSA) is 61.8 Å². The first-order chi connectivity index (χ1) is 7.74. The first kappa shape index (κ1) is 10.5. The SMILES string of the molecule is COC(=O)Cc1cc2c(cc1C=O)OCO2. The molecule has 0 spiro atoms. The van der Waals surface area contributed by atoms with Crippen molar-refractivity contribution in [3.63, 3.8) is 0 Å². The lowest BCUT2D eigenvalue weighted by Gasteiger charge is -2.05. The Morgan fingerprint density at radius 3 is 2.75 bits per heavy atom. The predicted molar refractivity (Wildman–Crippen MR) is 53.7 cm³/mol. The molecule has 0 N–H and O–H groups in total. The number of carbonyl (C=O) groups excluding carboxylic acids is 2. The van der Waals surface area contributed by atoms with Crippen molar-refractivity contribution in [3.05, 3.63) is 23.3 Å². The number of hydrogen-bond acceptors (Lipinski definition) is 5. The van der Waals surface area contributed by atoms with Gasteiger partial charge in [-0.15, -0.1) is 0 Å². The minimum Gasteiger partial charge on any atom is -0.469 e. The Bertz CT molecular complexity index is 438. The Morgan fingerprint density at radius 1 is 1.44 bits per heavy atom. The van der Waals surface area contributed by atoms with Gasteiger partial charge in [-0.3, -0.25) is 9.59 Å². The lowest BCUT2D eigenvalue weighted by Crippen LogP contribution is -2.06.